The summed E-state index contributed by atoms with van der Waals surface area (Å²) >= 11 is 0. The van der Waals surface area contributed by atoms with Crippen LogP contribution in [0.25, 0.3) is 22.1 Å². The topological polar surface area (TPSA) is 108 Å². The van der Waals surface area contributed by atoms with Crippen molar-refractivity contribution in [1.82, 2.24) is 29.5 Å². The van der Waals surface area contributed by atoms with Crippen molar-refractivity contribution in [3.63, 3.8) is 0 Å². The fourth-order valence-electron chi connectivity index (χ4n) is 3.38. The van der Waals surface area contributed by atoms with Crippen molar-refractivity contribution in [3.8, 4) is 11.5 Å². The van der Waals surface area contributed by atoms with Crippen LogP contribution in [-0.4, -0.2) is 40.0 Å². The Morgan fingerprint density at radius 1 is 1.09 bits per heavy atom. The van der Waals surface area contributed by atoms with Crippen LogP contribution in [0.2, 0.25) is 0 Å². The van der Waals surface area contributed by atoms with Gasteiger partial charge in [0.1, 0.15) is 28.9 Å². The van der Waals surface area contributed by atoms with Gasteiger partial charge in [-0.05, 0) is 31.2 Å². The molecule has 1 unspecified atom stereocenters. The van der Waals surface area contributed by atoms with E-state index in [0.29, 0.717) is 28.1 Å². The fraction of sp³-hybridized carbons (Fsp3) is 0.136. The second-order valence-electron chi connectivity index (χ2n) is 7.35. The SMILES string of the molecule is Cc1c(Oc2ccc3c(c2)ncn3C)ccc(Nc2ncnc3cnc(S(C)=O)nc23)c1F. The number of aryl methyl sites for hydroxylation is 1. The molecule has 0 radical (unpaired) electrons. The Kier molecular flexibility index (Phi) is 5.17. The highest BCUT2D eigenvalue weighted by molar-refractivity contribution is 7.84. The number of aromatic nitrogens is 6. The van der Waals surface area contributed by atoms with Crippen LogP contribution in [0.15, 0.2) is 54.3 Å². The predicted molar refractivity (Wildman–Crippen MR) is 123 cm³/mol. The minimum Gasteiger partial charge on any atom is -0.457 e. The third kappa shape index (κ3) is 3.87. The highest BCUT2D eigenvalue weighted by atomic mass is 32.2. The van der Waals surface area contributed by atoms with E-state index < -0.39 is 16.6 Å². The molecule has 0 bridgehead atoms. The van der Waals surface area contributed by atoms with Crippen LogP contribution in [-0.2, 0) is 17.8 Å². The van der Waals surface area contributed by atoms with Gasteiger partial charge in [-0.2, -0.15) is 0 Å². The first-order valence-electron chi connectivity index (χ1n) is 9.87. The lowest BCUT2D eigenvalue weighted by molar-refractivity contribution is 0.472. The van der Waals surface area contributed by atoms with E-state index in [1.54, 1.807) is 31.5 Å². The second kappa shape index (κ2) is 8.17. The van der Waals surface area contributed by atoms with Gasteiger partial charge in [0.25, 0.3) is 0 Å². The van der Waals surface area contributed by atoms with Crippen molar-refractivity contribution in [3.05, 3.63) is 60.6 Å². The van der Waals surface area contributed by atoms with Crippen LogP contribution in [0.1, 0.15) is 5.56 Å². The standard InChI is InChI=1S/C22H18FN7O2S/c1-12-18(32-13-4-6-17-15(8-13)27-11-30(17)2)7-5-14(19(12)23)28-21-20-16(25-10-26-21)9-24-22(29-20)33(3)31/h4-11H,1-3H3,(H,25,26,28). The molecular formula is C22H18FN7O2S. The number of hydrogen-bond acceptors (Lipinski definition) is 8. The average Bonchev–Trinajstić information content (AvgIpc) is 3.18. The molecule has 33 heavy (non-hydrogen) atoms. The Labute approximate surface area is 190 Å². The van der Waals surface area contributed by atoms with Gasteiger partial charge in [0.15, 0.2) is 11.6 Å². The lowest BCUT2D eigenvalue weighted by Crippen LogP contribution is -2.04. The Balaban J connectivity index is 1.46. The van der Waals surface area contributed by atoms with Gasteiger partial charge in [-0.1, -0.05) is 0 Å². The summed E-state index contributed by atoms with van der Waals surface area (Å²) in [4.78, 5) is 20.9. The molecule has 3 heterocycles. The van der Waals surface area contributed by atoms with Gasteiger partial charge in [0.2, 0.25) is 5.16 Å². The van der Waals surface area contributed by atoms with Crippen LogP contribution in [0.3, 0.4) is 0 Å². The molecule has 0 fully saturated rings. The third-order valence-corrected chi connectivity index (χ3v) is 5.84. The number of rotatable bonds is 5. The fourth-order valence-corrected chi connectivity index (χ4v) is 3.80. The summed E-state index contributed by atoms with van der Waals surface area (Å²) in [6.07, 6.45) is 5.99. The normalized spacial score (nSPS) is 12.2. The minimum absolute atomic E-state index is 0.144. The van der Waals surface area contributed by atoms with Crippen molar-refractivity contribution in [1.29, 1.82) is 0 Å². The Hall–Kier alpha value is -3.99. The van der Waals surface area contributed by atoms with Crippen LogP contribution in [0.4, 0.5) is 15.9 Å². The second-order valence-corrected chi connectivity index (χ2v) is 8.62. The minimum atomic E-state index is -1.38. The maximum Gasteiger partial charge on any atom is 0.218 e. The van der Waals surface area contributed by atoms with Gasteiger partial charge in [0.05, 0.1) is 40.0 Å². The summed E-state index contributed by atoms with van der Waals surface area (Å²) in [5.41, 5.74) is 3.07. The molecule has 5 aromatic rings. The van der Waals surface area contributed by atoms with Gasteiger partial charge >= 0.3 is 0 Å². The van der Waals surface area contributed by atoms with Crippen molar-refractivity contribution < 1.29 is 13.3 Å². The first kappa shape index (κ1) is 20.9. The molecule has 0 saturated heterocycles. The Bertz CT molecular complexity index is 1550. The van der Waals surface area contributed by atoms with Gasteiger partial charge in [0, 0.05) is 24.9 Å². The third-order valence-electron chi connectivity index (χ3n) is 5.13. The molecule has 11 heteroatoms. The molecule has 0 spiro atoms. The van der Waals surface area contributed by atoms with E-state index in [1.165, 1.54) is 18.8 Å². The number of ether oxygens (including phenoxy) is 1. The zero-order valence-corrected chi connectivity index (χ0v) is 18.7. The number of nitrogens with zero attached hydrogens (tertiary/aromatic N) is 6. The van der Waals surface area contributed by atoms with Crippen LogP contribution < -0.4 is 10.1 Å². The Morgan fingerprint density at radius 2 is 1.94 bits per heavy atom. The summed E-state index contributed by atoms with van der Waals surface area (Å²) in [5, 5.41) is 3.10. The van der Waals surface area contributed by atoms with Crippen LogP contribution >= 0.6 is 0 Å². The number of hydrogen-bond donors (Lipinski definition) is 1. The van der Waals surface area contributed by atoms with E-state index in [-0.39, 0.29) is 16.7 Å². The van der Waals surface area contributed by atoms with E-state index in [2.05, 4.69) is 30.2 Å². The first-order valence-corrected chi connectivity index (χ1v) is 11.4. The molecule has 5 rings (SSSR count). The monoisotopic (exact) mass is 463 g/mol. The number of benzene rings is 2. The molecule has 1 atom stereocenters. The molecule has 0 aliphatic heterocycles. The summed E-state index contributed by atoms with van der Waals surface area (Å²) in [6.45, 7) is 1.63. The van der Waals surface area contributed by atoms with Crippen molar-refractivity contribution in [2.45, 2.75) is 12.1 Å². The molecule has 0 amide bonds. The quantitative estimate of drug-likeness (QED) is 0.389. The molecule has 3 aromatic heterocycles. The lowest BCUT2D eigenvalue weighted by atomic mass is 10.1. The molecular weight excluding hydrogens is 445 g/mol. The number of nitrogens with one attached hydrogen (secondary N) is 1. The van der Waals surface area contributed by atoms with E-state index in [9.17, 15) is 4.21 Å². The maximum atomic E-state index is 15.2. The highest BCUT2D eigenvalue weighted by Gasteiger charge is 2.15. The number of anilines is 2. The molecule has 0 aliphatic carbocycles. The predicted octanol–water partition coefficient (Wildman–Crippen LogP) is 4.03. The van der Waals surface area contributed by atoms with E-state index in [1.807, 2.05) is 23.7 Å². The lowest BCUT2D eigenvalue weighted by Gasteiger charge is -2.14. The zero-order valence-electron chi connectivity index (χ0n) is 17.9. The summed E-state index contributed by atoms with van der Waals surface area (Å²) < 4.78 is 34.8. The number of imidazole rings is 1. The van der Waals surface area contributed by atoms with E-state index in [4.69, 9.17) is 4.74 Å². The van der Waals surface area contributed by atoms with Crippen molar-refractivity contribution >= 4 is 44.4 Å². The molecule has 1 N–H and O–H groups in total. The maximum absolute atomic E-state index is 15.2. The summed E-state index contributed by atoms with van der Waals surface area (Å²) in [7, 11) is 0.533. The van der Waals surface area contributed by atoms with Gasteiger partial charge in [-0.25, -0.2) is 29.3 Å². The summed E-state index contributed by atoms with van der Waals surface area (Å²) in [5.74, 6) is 0.725. The average molecular weight is 463 g/mol. The smallest absolute Gasteiger partial charge is 0.218 e. The first-order chi connectivity index (χ1) is 15.9. The molecule has 9 nitrogen and oxygen atoms in total. The van der Waals surface area contributed by atoms with Crippen LogP contribution in [0, 0.1) is 12.7 Å². The number of halogens is 1. The zero-order chi connectivity index (χ0) is 23.1. The Morgan fingerprint density at radius 3 is 2.76 bits per heavy atom. The van der Waals surface area contributed by atoms with Gasteiger partial charge in [-0.3, -0.25) is 4.21 Å². The number of fused-ring (bicyclic) bond motifs is 2. The molecule has 2 aromatic carbocycles. The summed E-state index contributed by atoms with van der Waals surface area (Å²) in [6, 6.07) is 8.76. The van der Waals surface area contributed by atoms with Crippen LogP contribution in [0.5, 0.6) is 11.5 Å². The largest absolute Gasteiger partial charge is 0.457 e. The van der Waals surface area contributed by atoms with Gasteiger partial charge in [-0.15, -0.1) is 0 Å². The highest BCUT2D eigenvalue weighted by Crippen LogP contribution is 2.33. The molecule has 0 aliphatic rings. The van der Waals surface area contributed by atoms with E-state index >= 15 is 4.39 Å². The van der Waals surface area contributed by atoms with E-state index in [0.717, 1.165) is 11.0 Å². The molecule has 0 saturated carbocycles. The van der Waals surface area contributed by atoms with Gasteiger partial charge < -0.3 is 14.6 Å². The van der Waals surface area contributed by atoms with Crippen molar-refractivity contribution in [2.24, 2.45) is 7.05 Å². The molecule has 166 valence electrons. The van der Waals surface area contributed by atoms with Crippen molar-refractivity contribution in [2.75, 3.05) is 11.6 Å².